The minimum absolute atomic E-state index is 0.0223. The van der Waals surface area contributed by atoms with Crippen LogP contribution in [0.1, 0.15) is 6.92 Å². The van der Waals surface area contributed by atoms with Crippen LogP contribution in [0.3, 0.4) is 0 Å². The molecule has 2 amide bonds. The lowest BCUT2D eigenvalue weighted by Gasteiger charge is -2.36. The molecule has 3 fully saturated rings. The Kier molecular flexibility index (Phi) is 3.16. The van der Waals surface area contributed by atoms with Gasteiger partial charge in [-0.3, -0.25) is 14.6 Å². The van der Waals surface area contributed by atoms with Crippen molar-refractivity contribution in [2.75, 3.05) is 20.6 Å². The zero-order chi connectivity index (χ0) is 11.9. The predicted molar refractivity (Wildman–Crippen MR) is 66.3 cm³/mol. The largest absolute Gasteiger partial charge is 0.322 e. The third-order valence-electron chi connectivity index (χ3n) is 2.53. The maximum Gasteiger partial charge on any atom is 0.257 e. The first kappa shape index (κ1) is 11.8. The first-order chi connectivity index (χ1) is 7.56. The van der Waals surface area contributed by atoms with Crippen LogP contribution in [0.4, 0.5) is 0 Å². The van der Waals surface area contributed by atoms with E-state index >= 15 is 0 Å². The Morgan fingerprint density at radius 2 is 1.56 bits per heavy atom. The molecule has 0 radical (unpaired) electrons. The van der Waals surface area contributed by atoms with E-state index in [2.05, 4.69) is 4.99 Å². The van der Waals surface area contributed by atoms with Gasteiger partial charge in [-0.05, 0) is 6.92 Å². The van der Waals surface area contributed by atoms with Crippen molar-refractivity contribution in [3.8, 4) is 0 Å². The standard InChI is InChI=1S/C9H13N3O2S2/c1-4-10-9-15-7-6(14)12(3)8(16-9)5(13)11(7)2/h7-8H,4H2,1-3H3. The Labute approximate surface area is 103 Å². The van der Waals surface area contributed by atoms with Gasteiger partial charge in [0.1, 0.15) is 4.38 Å². The summed E-state index contributed by atoms with van der Waals surface area (Å²) in [7, 11) is 3.35. The first-order valence-corrected chi connectivity index (χ1v) is 6.73. The van der Waals surface area contributed by atoms with E-state index in [1.165, 1.54) is 33.3 Å². The number of carbonyl (C=O) groups excluding carboxylic acids is 2. The van der Waals surface area contributed by atoms with Crippen molar-refractivity contribution in [2.24, 2.45) is 4.99 Å². The van der Waals surface area contributed by atoms with Crippen LogP contribution in [0.15, 0.2) is 4.99 Å². The second kappa shape index (κ2) is 4.29. The fourth-order valence-electron chi connectivity index (χ4n) is 1.59. The van der Waals surface area contributed by atoms with E-state index in [0.717, 1.165) is 4.38 Å². The zero-order valence-corrected chi connectivity index (χ0v) is 11.0. The number of amides is 2. The van der Waals surface area contributed by atoms with Gasteiger partial charge in [0.2, 0.25) is 0 Å². The Bertz CT molecular complexity index is 342. The molecule has 3 aliphatic rings. The third kappa shape index (κ3) is 1.71. The van der Waals surface area contributed by atoms with E-state index in [4.69, 9.17) is 0 Å². The maximum absolute atomic E-state index is 12.0. The number of thioether (sulfide) groups is 2. The van der Waals surface area contributed by atoms with Crippen LogP contribution in [0.2, 0.25) is 0 Å². The lowest BCUT2D eigenvalue weighted by atomic mass is 10.3. The summed E-state index contributed by atoms with van der Waals surface area (Å²) >= 11 is 2.74. The molecule has 0 aliphatic carbocycles. The normalized spacial score (nSPS) is 29.8. The van der Waals surface area contributed by atoms with Crippen LogP contribution in [-0.2, 0) is 9.59 Å². The Morgan fingerprint density at radius 1 is 1.12 bits per heavy atom. The number of carbonyl (C=O) groups is 2. The van der Waals surface area contributed by atoms with Gasteiger partial charge in [-0.1, -0.05) is 23.5 Å². The molecule has 0 aromatic heterocycles. The van der Waals surface area contributed by atoms with E-state index in [1.807, 2.05) is 6.92 Å². The summed E-state index contributed by atoms with van der Waals surface area (Å²) in [6.07, 6.45) is 0. The summed E-state index contributed by atoms with van der Waals surface area (Å²) < 4.78 is 0.827. The van der Waals surface area contributed by atoms with Crippen LogP contribution in [0, 0.1) is 0 Å². The summed E-state index contributed by atoms with van der Waals surface area (Å²) in [5.74, 6) is -0.0446. The zero-order valence-electron chi connectivity index (χ0n) is 9.34. The molecular weight excluding hydrogens is 246 g/mol. The molecule has 88 valence electrons. The van der Waals surface area contributed by atoms with E-state index in [1.54, 1.807) is 14.1 Å². The number of piperazine rings is 1. The second-order valence-corrected chi connectivity index (χ2v) is 5.98. The van der Waals surface area contributed by atoms with Crippen molar-refractivity contribution in [3.05, 3.63) is 0 Å². The van der Waals surface area contributed by atoms with Gasteiger partial charge >= 0.3 is 0 Å². The second-order valence-electron chi connectivity index (χ2n) is 3.58. The van der Waals surface area contributed by atoms with Gasteiger partial charge < -0.3 is 9.80 Å². The molecule has 16 heavy (non-hydrogen) atoms. The predicted octanol–water partition coefficient (Wildman–Crippen LogP) is 0.425. The monoisotopic (exact) mass is 259 g/mol. The third-order valence-corrected chi connectivity index (χ3v) is 5.25. The van der Waals surface area contributed by atoms with E-state index in [9.17, 15) is 9.59 Å². The number of hydrogen-bond acceptors (Lipinski definition) is 5. The minimum atomic E-state index is -0.450. The van der Waals surface area contributed by atoms with Gasteiger partial charge in [0.05, 0.1) is 0 Å². The van der Waals surface area contributed by atoms with Crippen molar-refractivity contribution in [3.63, 3.8) is 0 Å². The fourth-order valence-corrected chi connectivity index (χ4v) is 4.21. The van der Waals surface area contributed by atoms with Crippen molar-refractivity contribution in [2.45, 2.75) is 17.7 Å². The minimum Gasteiger partial charge on any atom is -0.322 e. The topological polar surface area (TPSA) is 53.0 Å². The van der Waals surface area contributed by atoms with E-state index in [0.29, 0.717) is 6.54 Å². The molecule has 3 rings (SSSR count). The molecule has 2 atom stereocenters. The summed E-state index contributed by atoms with van der Waals surface area (Å²) in [6.45, 7) is 2.61. The Hall–Kier alpha value is -0.690. The van der Waals surface area contributed by atoms with E-state index in [-0.39, 0.29) is 11.8 Å². The van der Waals surface area contributed by atoms with Gasteiger partial charge in [0.25, 0.3) is 11.8 Å². The number of aliphatic imine (C=N–C) groups is 1. The van der Waals surface area contributed by atoms with Gasteiger partial charge in [0.15, 0.2) is 10.7 Å². The quantitative estimate of drug-likeness (QED) is 0.685. The molecule has 0 aromatic rings. The van der Waals surface area contributed by atoms with Gasteiger partial charge in [-0.25, -0.2) is 0 Å². The van der Waals surface area contributed by atoms with Gasteiger partial charge in [-0.15, -0.1) is 0 Å². The van der Waals surface area contributed by atoms with Crippen molar-refractivity contribution >= 4 is 39.7 Å². The van der Waals surface area contributed by atoms with Crippen LogP contribution >= 0.6 is 23.5 Å². The SMILES string of the molecule is CCN=C1SC2C(=O)N(C)C(S1)C(=O)N2C. The molecule has 3 saturated heterocycles. The highest BCUT2D eigenvalue weighted by Gasteiger charge is 2.48. The summed E-state index contributed by atoms with van der Waals surface area (Å²) in [5, 5.41) is -0.900. The summed E-state index contributed by atoms with van der Waals surface area (Å²) in [5.41, 5.74) is 0. The molecule has 7 heteroatoms. The number of hydrogen-bond donors (Lipinski definition) is 0. The molecule has 0 N–H and O–H groups in total. The summed E-state index contributed by atoms with van der Waals surface area (Å²) in [4.78, 5) is 31.3. The van der Waals surface area contributed by atoms with Crippen LogP contribution < -0.4 is 0 Å². The van der Waals surface area contributed by atoms with Gasteiger partial charge in [0, 0.05) is 20.6 Å². The number of likely N-dealkylation sites (N-methyl/N-ethyl adjacent to an activating group) is 2. The highest BCUT2D eigenvalue weighted by molar-refractivity contribution is 8.40. The van der Waals surface area contributed by atoms with E-state index < -0.39 is 10.7 Å². The fraction of sp³-hybridized carbons (Fsp3) is 0.667. The van der Waals surface area contributed by atoms with Crippen LogP contribution in [0.5, 0.6) is 0 Å². The van der Waals surface area contributed by atoms with Crippen LogP contribution in [-0.4, -0.2) is 57.4 Å². The average molecular weight is 259 g/mol. The van der Waals surface area contributed by atoms with Crippen molar-refractivity contribution < 1.29 is 9.59 Å². The molecule has 0 spiro atoms. The van der Waals surface area contributed by atoms with Crippen molar-refractivity contribution in [1.29, 1.82) is 0 Å². The molecular formula is C9H13N3O2S2. The first-order valence-electron chi connectivity index (χ1n) is 4.97. The molecule has 2 bridgehead atoms. The lowest BCUT2D eigenvalue weighted by molar-refractivity contribution is -0.150. The molecule has 0 saturated carbocycles. The Morgan fingerprint density at radius 3 is 1.94 bits per heavy atom. The molecule has 3 aliphatic heterocycles. The number of fused-ring (bicyclic) bond motifs is 4. The number of nitrogens with zero attached hydrogens (tertiary/aromatic N) is 3. The maximum atomic E-state index is 12.0. The highest BCUT2D eigenvalue weighted by Crippen LogP contribution is 2.39. The molecule has 0 aromatic carbocycles. The van der Waals surface area contributed by atoms with Gasteiger partial charge in [-0.2, -0.15) is 0 Å². The van der Waals surface area contributed by atoms with Crippen LogP contribution in [0.25, 0.3) is 0 Å². The molecule has 3 heterocycles. The lowest BCUT2D eigenvalue weighted by Crippen LogP contribution is -2.58. The average Bonchev–Trinajstić information content (AvgIpc) is 2.45. The highest BCUT2D eigenvalue weighted by atomic mass is 32.2. The summed E-state index contributed by atoms with van der Waals surface area (Å²) in [6, 6.07) is 0. The smallest absolute Gasteiger partial charge is 0.257 e. The Balaban J connectivity index is 2.38. The number of rotatable bonds is 1. The van der Waals surface area contributed by atoms with Crippen molar-refractivity contribution in [1.82, 2.24) is 9.80 Å². The molecule has 2 unspecified atom stereocenters. The molecule has 5 nitrogen and oxygen atoms in total.